The average molecular weight is 375 g/mol. The quantitative estimate of drug-likeness (QED) is 0.688. The van der Waals surface area contributed by atoms with Crippen molar-refractivity contribution in [3.05, 3.63) is 89.0 Å². The van der Waals surface area contributed by atoms with Gasteiger partial charge in [0.1, 0.15) is 12.4 Å². The van der Waals surface area contributed by atoms with E-state index in [0.717, 1.165) is 41.3 Å². The van der Waals surface area contributed by atoms with Crippen LogP contribution in [0.15, 0.2) is 66.7 Å². The highest BCUT2D eigenvalue weighted by molar-refractivity contribution is 5.53. The Morgan fingerprint density at radius 2 is 1.75 bits per heavy atom. The Labute approximate surface area is 166 Å². The minimum absolute atomic E-state index is 0.0514. The maximum atomic E-state index is 6.27. The van der Waals surface area contributed by atoms with E-state index >= 15 is 0 Å². The maximum absolute atomic E-state index is 6.27. The lowest BCUT2D eigenvalue weighted by Gasteiger charge is -2.29. The lowest BCUT2D eigenvalue weighted by molar-refractivity contribution is 0.279. The molecule has 1 aliphatic rings. The molecule has 4 rings (SSSR count). The van der Waals surface area contributed by atoms with E-state index in [-0.39, 0.29) is 6.04 Å². The normalized spacial score (nSPS) is 15.6. The third-order valence-electron chi connectivity index (χ3n) is 5.17. The van der Waals surface area contributed by atoms with Crippen LogP contribution < -0.4 is 19.5 Å². The van der Waals surface area contributed by atoms with Crippen LogP contribution in [-0.2, 0) is 13.0 Å². The van der Waals surface area contributed by atoms with Gasteiger partial charge in [-0.15, -0.1) is 0 Å². The molecule has 28 heavy (non-hydrogen) atoms. The van der Waals surface area contributed by atoms with Crippen molar-refractivity contribution in [3.63, 3.8) is 0 Å². The minimum Gasteiger partial charge on any atom is -0.497 e. The number of para-hydroxylation sites is 1. The molecule has 4 nitrogen and oxygen atoms in total. The van der Waals surface area contributed by atoms with Gasteiger partial charge < -0.3 is 19.5 Å². The smallest absolute Gasteiger partial charge is 0.166 e. The van der Waals surface area contributed by atoms with Gasteiger partial charge in [0.15, 0.2) is 11.5 Å². The molecule has 3 aromatic rings. The van der Waals surface area contributed by atoms with Crippen molar-refractivity contribution in [1.82, 2.24) is 5.32 Å². The summed E-state index contributed by atoms with van der Waals surface area (Å²) >= 11 is 0. The van der Waals surface area contributed by atoms with E-state index in [2.05, 4.69) is 35.6 Å². The Morgan fingerprint density at radius 1 is 0.893 bits per heavy atom. The third kappa shape index (κ3) is 3.69. The summed E-state index contributed by atoms with van der Waals surface area (Å²) in [5, 5.41) is 3.64. The van der Waals surface area contributed by atoms with Gasteiger partial charge in [-0.2, -0.15) is 0 Å². The second kappa shape index (κ2) is 8.36. The number of benzene rings is 3. The first-order valence-electron chi connectivity index (χ1n) is 9.54. The van der Waals surface area contributed by atoms with Crippen LogP contribution in [0.25, 0.3) is 0 Å². The van der Waals surface area contributed by atoms with Crippen LogP contribution in [0.4, 0.5) is 0 Å². The van der Waals surface area contributed by atoms with E-state index in [1.54, 1.807) is 14.2 Å². The fourth-order valence-electron chi connectivity index (χ4n) is 3.75. The van der Waals surface area contributed by atoms with Gasteiger partial charge in [-0.1, -0.05) is 48.5 Å². The molecule has 0 saturated heterocycles. The molecule has 4 heteroatoms. The van der Waals surface area contributed by atoms with Crippen LogP contribution in [0.3, 0.4) is 0 Å². The zero-order valence-electron chi connectivity index (χ0n) is 16.3. The average Bonchev–Trinajstić information content (AvgIpc) is 2.77. The largest absolute Gasteiger partial charge is 0.497 e. The summed E-state index contributed by atoms with van der Waals surface area (Å²) < 4.78 is 17.3. The topological polar surface area (TPSA) is 39.7 Å². The van der Waals surface area contributed by atoms with Gasteiger partial charge in [0.25, 0.3) is 0 Å². The molecule has 0 aliphatic carbocycles. The number of fused-ring (bicyclic) bond motifs is 1. The monoisotopic (exact) mass is 375 g/mol. The van der Waals surface area contributed by atoms with Gasteiger partial charge in [-0.05, 0) is 41.3 Å². The Morgan fingerprint density at radius 3 is 2.54 bits per heavy atom. The lowest BCUT2D eigenvalue weighted by Crippen LogP contribution is -2.31. The van der Waals surface area contributed by atoms with Crippen molar-refractivity contribution in [2.45, 2.75) is 19.1 Å². The number of hydrogen-bond donors (Lipinski definition) is 1. The number of hydrogen-bond acceptors (Lipinski definition) is 4. The van der Waals surface area contributed by atoms with Gasteiger partial charge >= 0.3 is 0 Å². The van der Waals surface area contributed by atoms with E-state index in [9.17, 15) is 0 Å². The first kappa shape index (κ1) is 18.4. The predicted octanol–water partition coefficient (Wildman–Crippen LogP) is 4.52. The van der Waals surface area contributed by atoms with Crippen molar-refractivity contribution in [3.8, 4) is 17.2 Å². The van der Waals surface area contributed by atoms with E-state index in [1.165, 1.54) is 11.1 Å². The minimum atomic E-state index is 0.0514. The van der Waals surface area contributed by atoms with E-state index in [4.69, 9.17) is 14.2 Å². The van der Waals surface area contributed by atoms with Crippen molar-refractivity contribution >= 4 is 0 Å². The zero-order chi connectivity index (χ0) is 19.3. The molecule has 3 aromatic carbocycles. The summed E-state index contributed by atoms with van der Waals surface area (Å²) in [6.45, 7) is 1.40. The molecule has 144 valence electrons. The summed E-state index contributed by atoms with van der Waals surface area (Å²) in [6.07, 6.45) is 0.979. The molecule has 0 radical (unpaired) electrons. The van der Waals surface area contributed by atoms with Crippen molar-refractivity contribution in [2.24, 2.45) is 0 Å². The van der Waals surface area contributed by atoms with Crippen LogP contribution in [-0.4, -0.2) is 20.8 Å². The first-order valence-corrected chi connectivity index (χ1v) is 9.54. The molecule has 1 unspecified atom stereocenters. The van der Waals surface area contributed by atoms with Crippen LogP contribution in [0.5, 0.6) is 17.2 Å². The highest BCUT2D eigenvalue weighted by Crippen LogP contribution is 2.40. The SMILES string of the molecule is COc1ccc2c(c1)CCNC2c1cccc(OC)c1OCc1ccccc1. The maximum Gasteiger partial charge on any atom is 0.166 e. The molecule has 0 spiro atoms. The van der Waals surface area contributed by atoms with Crippen molar-refractivity contribution < 1.29 is 14.2 Å². The summed E-state index contributed by atoms with van der Waals surface area (Å²) in [5.74, 6) is 2.43. The Balaban J connectivity index is 1.70. The Kier molecular flexibility index (Phi) is 5.49. The van der Waals surface area contributed by atoms with Gasteiger partial charge in [0, 0.05) is 12.1 Å². The molecule has 1 N–H and O–H groups in total. The predicted molar refractivity (Wildman–Crippen MR) is 110 cm³/mol. The fraction of sp³-hybridized carbons (Fsp3) is 0.250. The van der Waals surface area contributed by atoms with Gasteiger partial charge in [-0.25, -0.2) is 0 Å². The summed E-state index contributed by atoms with van der Waals surface area (Å²) in [7, 11) is 3.39. The number of rotatable bonds is 6. The second-order valence-corrected chi connectivity index (χ2v) is 6.85. The van der Waals surface area contributed by atoms with Crippen LogP contribution in [0, 0.1) is 0 Å². The highest BCUT2D eigenvalue weighted by Gasteiger charge is 2.26. The molecule has 0 amide bonds. The molecule has 1 heterocycles. The summed E-state index contributed by atoms with van der Waals surface area (Å²) in [6, 6.07) is 22.6. The van der Waals surface area contributed by atoms with Gasteiger partial charge in [0.2, 0.25) is 0 Å². The van der Waals surface area contributed by atoms with Crippen LogP contribution in [0.2, 0.25) is 0 Å². The lowest BCUT2D eigenvalue weighted by atomic mass is 9.89. The number of nitrogens with one attached hydrogen (secondary N) is 1. The van der Waals surface area contributed by atoms with Crippen molar-refractivity contribution in [1.29, 1.82) is 0 Å². The first-order chi connectivity index (χ1) is 13.8. The molecule has 0 fully saturated rings. The molecule has 1 atom stereocenters. The zero-order valence-corrected chi connectivity index (χ0v) is 16.3. The van der Waals surface area contributed by atoms with Crippen molar-refractivity contribution in [2.75, 3.05) is 20.8 Å². The molecule has 0 aromatic heterocycles. The molecule has 0 saturated carbocycles. The number of ether oxygens (including phenoxy) is 3. The molecule has 0 bridgehead atoms. The summed E-state index contributed by atoms with van der Waals surface area (Å²) in [4.78, 5) is 0. The van der Waals surface area contributed by atoms with Gasteiger partial charge in [0.05, 0.1) is 20.3 Å². The molecular formula is C24H25NO3. The highest BCUT2D eigenvalue weighted by atomic mass is 16.5. The van der Waals surface area contributed by atoms with E-state index in [0.29, 0.717) is 6.61 Å². The standard InChI is InChI=1S/C24H25NO3/c1-26-19-11-12-20-18(15-19)13-14-25-23(20)21-9-6-10-22(27-2)24(21)28-16-17-7-4-3-5-8-17/h3-12,15,23,25H,13-14,16H2,1-2H3. The Hall–Kier alpha value is -2.98. The van der Waals surface area contributed by atoms with Crippen LogP contribution in [0.1, 0.15) is 28.3 Å². The molecule has 1 aliphatic heterocycles. The number of methoxy groups -OCH3 is 2. The van der Waals surface area contributed by atoms with E-state index in [1.807, 2.05) is 36.4 Å². The van der Waals surface area contributed by atoms with Crippen LogP contribution >= 0.6 is 0 Å². The summed E-state index contributed by atoms with van der Waals surface area (Å²) in [5.41, 5.74) is 4.77. The van der Waals surface area contributed by atoms with Gasteiger partial charge in [-0.3, -0.25) is 0 Å². The second-order valence-electron chi connectivity index (χ2n) is 6.85. The third-order valence-corrected chi connectivity index (χ3v) is 5.17. The fourth-order valence-corrected chi connectivity index (χ4v) is 3.75. The molecular weight excluding hydrogens is 350 g/mol. The van der Waals surface area contributed by atoms with E-state index < -0.39 is 0 Å². The Bertz CT molecular complexity index is 940.